The van der Waals surface area contributed by atoms with E-state index in [4.69, 9.17) is 11.6 Å². The van der Waals surface area contributed by atoms with Crippen molar-refractivity contribution in [3.63, 3.8) is 0 Å². The molecule has 1 N–H and O–H groups in total. The Morgan fingerprint density at radius 2 is 2.39 bits per heavy atom. The fraction of sp³-hybridized carbons (Fsp3) is 0.615. The van der Waals surface area contributed by atoms with Crippen LogP contribution in [0.4, 0.5) is 0 Å². The lowest BCUT2D eigenvalue weighted by molar-refractivity contribution is -0.129. The lowest BCUT2D eigenvalue weighted by Gasteiger charge is -2.24. The maximum Gasteiger partial charge on any atom is 0.223 e. The number of hydrogen-bond acceptors (Lipinski definition) is 3. The number of thiophene rings is 1. The molecule has 1 saturated heterocycles. The number of carbonyl (C=O) groups is 1. The maximum atomic E-state index is 11.9. The van der Waals surface area contributed by atoms with Crippen molar-refractivity contribution in [1.82, 2.24) is 10.2 Å². The predicted molar refractivity (Wildman–Crippen MR) is 76.1 cm³/mol. The molecule has 0 aromatic carbocycles. The van der Waals surface area contributed by atoms with E-state index in [1.54, 1.807) is 11.3 Å². The first-order valence-corrected chi connectivity index (χ1v) is 7.64. The van der Waals surface area contributed by atoms with Crippen molar-refractivity contribution in [3.05, 3.63) is 21.3 Å². The van der Waals surface area contributed by atoms with Crippen LogP contribution in [0, 0.1) is 0 Å². The van der Waals surface area contributed by atoms with Crippen LogP contribution < -0.4 is 5.32 Å². The Bertz CT molecular complexity index is 407. The highest BCUT2D eigenvalue weighted by molar-refractivity contribution is 7.16. The van der Waals surface area contributed by atoms with Crippen molar-refractivity contribution in [2.75, 3.05) is 13.1 Å². The average molecular weight is 287 g/mol. The lowest BCUT2D eigenvalue weighted by atomic mass is 10.1. The van der Waals surface area contributed by atoms with Gasteiger partial charge in [0.15, 0.2) is 0 Å². The Labute approximate surface area is 117 Å². The molecule has 0 unspecified atom stereocenters. The maximum absolute atomic E-state index is 11.9. The van der Waals surface area contributed by atoms with Gasteiger partial charge < -0.3 is 10.2 Å². The van der Waals surface area contributed by atoms with Crippen LogP contribution in [-0.4, -0.2) is 29.9 Å². The molecule has 0 spiro atoms. The van der Waals surface area contributed by atoms with E-state index in [1.807, 2.05) is 17.0 Å². The summed E-state index contributed by atoms with van der Waals surface area (Å²) >= 11 is 7.49. The van der Waals surface area contributed by atoms with Gasteiger partial charge in [0.25, 0.3) is 0 Å². The van der Waals surface area contributed by atoms with Gasteiger partial charge in [-0.25, -0.2) is 0 Å². The molecule has 1 aromatic heterocycles. The first-order chi connectivity index (χ1) is 8.70. The Morgan fingerprint density at radius 3 is 3.06 bits per heavy atom. The summed E-state index contributed by atoms with van der Waals surface area (Å²) < 4.78 is 0.792. The molecule has 0 bridgehead atoms. The van der Waals surface area contributed by atoms with Gasteiger partial charge in [-0.1, -0.05) is 18.5 Å². The number of hydrogen-bond donors (Lipinski definition) is 1. The van der Waals surface area contributed by atoms with Gasteiger partial charge in [0.2, 0.25) is 5.91 Å². The van der Waals surface area contributed by atoms with E-state index in [0.29, 0.717) is 19.0 Å². The molecule has 5 heteroatoms. The minimum Gasteiger partial charge on any atom is -0.335 e. The molecule has 0 saturated carbocycles. The molecule has 100 valence electrons. The largest absolute Gasteiger partial charge is 0.335 e. The molecule has 1 amide bonds. The van der Waals surface area contributed by atoms with Crippen LogP contribution in [0.1, 0.15) is 31.1 Å². The number of rotatable bonds is 6. The number of likely N-dealkylation sites (tertiary alicyclic amines) is 1. The summed E-state index contributed by atoms with van der Waals surface area (Å²) in [5.74, 6) is 0.279. The van der Waals surface area contributed by atoms with Crippen molar-refractivity contribution in [2.24, 2.45) is 0 Å². The Kier molecular flexibility index (Phi) is 5.03. The molecular weight excluding hydrogens is 268 g/mol. The van der Waals surface area contributed by atoms with Gasteiger partial charge in [0.05, 0.1) is 10.9 Å². The number of nitrogens with one attached hydrogen (secondary N) is 1. The number of carbonyl (C=O) groups excluding carboxylic acids is 1. The number of halogens is 1. The Hall–Kier alpha value is -0.580. The normalized spacial score (nSPS) is 19.8. The molecule has 2 rings (SSSR count). The standard InChI is InChI=1S/C13H19ClN2OS/c1-2-15-8-7-10-3-6-13(17)16(10)9-11-4-5-12(14)18-11/h4-5,10,15H,2-3,6-9H2,1H3/t10-/m0/s1. The van der Waals surface area contributed by atoms with E-state index in [-0.39, 0.29) is 5.91 Å². The smallest absolute Gasteiger partial charge is 0.223 e. The summed E-state index contributed by atoms with van der Waals surface area (Å²) in [4.78, 5) is 15.1. The molecule has 3 nitrogen and oxygen atoms in total. The molecule has 1 aromatic rings. The predicted octanol–water partition coefficient (Wildman–Crippen LogP) is 2.89. The van der Waals surface area contributed by atoms with Gasteiger partial charge in [-0.3, -0.25) is 4.79 Å². The molecular formula is C13H19ClN2OS. The van der Waals surface area contributed by atoms with Crippen LogP contribution in [0.25, 0.3) is 0 Å². The second kappa shape index (κ2) is 6.55. The molecule has 18 heavy (non-hydrogen) atoms. The molecule has 1 fully saturated rings. The third kappa shape index (κ3) is 3.46. The van der Waals surface area contributed by atoms with Gasteiger partial charge in [0, 0.05) is 17.3 Å². The first-order valence-electron chi connectivity index (χ1n) is 6.45. The fourth-order valence-corrected chi connectivity index (χ4v) is 3.45. The van der Waals surface area contributed by atoms with Crippen LogP contribution >= 0.6 is 22.9 Å². The summed E-state index contributed by atoms with van der Waals surface area (Å²) in [5.41, 5.74) is 0. The SMILES string of the molecule is CCNCC[C@@H]1CCC(=O)N1Cc1ccc(Cl)s1. The zero-order chi connectivity index (χ0) is 13.0. The van der Waals surface area contributed by atoms with Gasteiger partial charge >= 0.3 is 0 Å². The Morgan fingerprint density at radius 1 is 1.56 bits per heavy atom. The summed E-state index contributed by atoms with van der Waals surface area (Å²) in [6, 6.07) is 4.30. The molecule has 1 aliphatic heterocycles. The number of nitrogens with zero attached hydrogens (tertiary/aromatic N) is 1. The second-order valence-electron chi connectivity index (χ2n) is 4.56. The van der Waals surface area contributed by atoms with Gasteiger partial charge in [-0.15, -0.1) is 11.3 Å². The second-order valence-corrected chi connectivity index (χ2v) is 6.36. The van der Waals surface area contributed by atoms with E-state index in [1.165, 1.54) is 4.88 Å². The monoisotopic (exact) mass is 286 g/mol. The highest BCUT2D eigenvalue weighted by atomic mass is 35.5. The summed E-state index contributed by atoms with van der Waals surface area (Å²) in [6.07, 6.45) is 2.72. The van der Waals surface area contributed by atoms with Crippen LogP contribution in [0.15, 0.2) is 12.1 Å². The summed E-state index contributed by atoms with van der Waals surface area (Å²) in [6.45, 7) is 4.79. The third-order valence-corrected chi connectivity index (χ3v) is 4.53. The molecule has 0 aliphatic carbocycles. The zero-order valence-corrected chi connectivity index (χ0v) is 12.2. The van der Waals surface area contributed by atoms with Crippen LogP contribution in [0.5, 0.6) is 0 Å². The van der Waals surface area contributed by atoms with E-state index in [0.717, 1.165) is 30.3 Å². The average Bonchev–Trinajstić information content (AvgIpc) is 2.90. The quantitative estimate of drug-likeness (QED) is 0.816. The molecule has 1 aliphatic rings. The topological polar surface area (TPSA) is 32.3 Å². The van der Waals surface area contributed by atoms with Gasteiger partial charge in [-0.05, 0) is 38.1 Å². The van der Waals surface area contributed by atoms with Crippen LogP contribution in [-0.2, 0) is 11.3 Å². The van der Waals surface area contributed by atoms with Crippen LogP contribution in [0.2, 0.25) is 4.34 Å². The Balaban J connectivity index is 1.92. The summed E-state index contributed by atoms with van der Waals surface area (Å²) in [5, 5.41) is 3.32. The van der Waals surface area contributed by atoms with E-state index >= 15 is 0 Å². The van der Waals surface area contributed by atoms with Crippen molar-refractivity contribution in [1.29, 1.82) is 0 Å². The summed E-state index contributed by atoms with van der Waals surface area (Å²) in [7, 11) is 0. The highest BCUT2D eigenvalue weighted by Gasteiger charge is 2.30. The van der Waals surface area contributed by atoms with Crippen LogP contribution in [0.3, 0.4) is 0 Å². The van der Waals surface area contributed by atoms with E-state index in [2.05, 4.69) is 12.2 Å². The third-order valence-electron chi connectivity index (χ3n) is 3.31. The zero-order valence-electron chi connectivity index (χ0n) is 10.6. The lowest BCUT2D eigenvalue weighted by Crippen LogP contribution is -2.34. The van der Waals surface area contributed by atoms with Gasteiger partial charge in [-0.2, -0.15) is 0 Å². The van der Waals surface area contributed by atoms with Gasteiger partial charge in [0.1, 0.15) is 0 Å². The minimum atomic E-state index is 0.279. The minimum absolute atomic E-state index is 0.279. The van der Waals surface area contributed by atoms with E-state index in [9.17, 15) is 4.79 Å². The van der Waals surface area contributed by atoms with Crippen molar-refractivity contribution in [3.8, 4) is 0 Å². The highest BCUT2D eigenvalue weighted by Crippen LogP contribution is 2.28. The van der Waals surface area contributed by atoms with Crippen molar-refractivity contribution >= 4 is 28.8 Å². The van der Waals surface area contributed by atoms with Crippen molar-refractivity contribution in [2.45, 2.75) is 38.8 Å². The molecule has 2 heterocycles. The number of amides is 1. The van der Waals surface area contributed by atoms with Crippen molar-refractivity contribution < 1.29 is 4.79 Å². The van der Waals surface area contributed by atoms with E-state index < -0.39 is 0 Å². The first kappa shape index (κ1) is 13.8. The molecule has 0 radical (unpaired) electrons. The molecule has 1 atom stereocenters. The fourth-order valence-electron chi connectivity index (χ4n) is 2.36.